The molecule has 0 aliphatic carbocycles. The van der Waals surface area contributed by atoms with E-state index in [1.807, 2.05) is 24.3 Å². The van der Waals surface area contributed by atoms with E-state index in [9.17, 15) is 4.79 Å². The predicted octanol–water partition coefficient (Wildman–Crippen LogP) is 0.0837. The molecule has 2 rings (SSSR count). The van der Waals surface area contributed by atoms with Crippen molar-refractivity contribution in [3.8, 4) is 5.75 Å². The second-order valence-corrected chi connectivity index (χ2v) is 4.95. The molecule has 98 valence electrons. The number of nitrogens with zero attached hydrogens (tertiary/aromatic N) is 1. The molecular weight excluding hydrogens is 230 g/mol. The Bertz CT molecular complexity index is 446. The molecule has 0 aromatic heterocycles. The first-order valence-electron chi connectivity index (χ1n) is 6.01. The highest BCUT2D eigenvalue weighted by Gasteiger charge is 2.29. The van der Waals surface area contributed by atoms with Crippen molar-refractivity contribution in [2.24, 2.45) is 11.5 Å². The van der Waals surface area contributed by atoms with Gasteiger partial charge in [0.25, 0.3) is 0 Å². The third kappa shape index (κ3) is 2.80. The summed E-state index contributed by atoms with van der Waals surface area (Å²) in [6, 6.07) is 7.90. The molecular formula is C13H19N3O2. The molecule has 1 heterocycles. The van der Waals surface area contributed by atoms with Crippen molar-refractivity contribution in [1.29, 1.82) is 0 Å². The maximum atomic E-state index is 11.3. The van der Waals surface area contributed by atoms with Crippen molar-refractivity contribution in [3.05, 3.63) is 29.8 Å². The fraction of sp³-hybridized carbons (Fsp3) is 0.462. The third-order valence-corrected chi connectivity index (χ3v) is 3.15. The second kappa shape index (κ2) is 4.96. The summed E-state index contributed by atoms with van der Waals surface area (Å²) in [4.78, 5) is 13.4. The number of benzene rings is 1. The Morgan fingerprint density at radius 2 is 2.22 bits per heavy atom. The lowest BCUT2D eigenvalue weighted by Gasteiger charge is -2.28. The van der Waals surface area contributed by atoms with E-state index < -0.39 is 11.4 Å². The zero-order valence-electron chi connectivity index (χ0n) is 10.6. The molecule has 1 aliphatic rings. The number of nitrogens with two attached hydrogens (primary N) is 2. The quantitative estimate of drug-likeness (QED) is 0.795. The van der Waals surface area contributed by atoms with Crippen LogP contribution in [0.25, 0.3) is 0 Å². The van der Waals surface area contributed by atoms with Gasteiger partial charge >= 0.3 is 0 Å². The van der Waals surface area contributed by atoms with Gasteiger partial charge in [-0.1, -0.05) is 18.2 Å². The van der Waals surface area contributed by atoms with E-state index >= 15 is 0 Å². The average Bonchev–Trinajstić information content (AvgIpc) is 2.49. The van der Waals surface area contributed by atoms with Crippen molar-refractivity contribution in [2.75, 3.05) is 19.7 Å². The highest BCUT2D eigenvalue weighted by Crippen LogP contribution is 2.22. The van der Waals surface area contributed by atoms with Crippen LogP contribution in [0.3, 0.4) is 0 Å². The molecule has 18 heavy (non-hydrogen) atoms. The van der Waals surface area contributed by atoms with E-state index in [0.29, 0.717) is 13.2 Å². The second-order valence-electron chi connectivity index (χ2n) is 4.95. The number of amides is 1. The number of carbonyl (C=O) groups is 1. The van der Waals surface area contributed by atoms with E-state index in [1.54, 1.807) is 6.92 Å². The molecule has 0 radical (unpaired) electrons. The Morgan fingerprint density at radius 1 is 1.50 bits per heavy atom. The standard InChI is InChI=1S/C13H19N3O2/c1-13(15,12(14)17)9-16-6-7-18-11-5-3-2-4-10(11)8-16/h2-5H,6-9,15H2,1H3,(H2,14,17). The summed E-state index contributed by atoms with van der Waals surface area (Å²) in [5.41, 5.74) is 11.3. The first-order chi connectivity index (χ1) is 8.49. The first kappa shape index (κ1) is 12.9. The minimum Gasteiger partial charge on any atom is -0.492 e. The number of rotatable bonds is 3. The monoisotopic (exact) mass is 249 g/mol. The van der Waals surface area contributed by atoms with Crippen molar-refractivity contribution in [2.45, 2.75) is 19.0 Å². The van der Waals surface area contributed by atoms with Crippen LogP contribution in [0.2, 0.25) is 0 Å². The van der Waals surface area contributed by atoms with Gasteiger partial charge in [-0.05, 0) is 13.0 Å². The highest BCUT2D eigenvalue weighted by molar-refractivity contribution is 5.84. The molecule has 4 N–H and O–H groups in total. The Hall–Kier alpha value is -1.59. The SMILES string of the molecule is CC(N)(CN1CCOc2ccccc2C1)C(N)=O. The number of hydrogen-bond donors (Lipinski definition) is 2. The Morgan fingerprint density at radius 3 is 2.94 bits per heavy atom. The zero-order valence-corrected chi connectivity index (χ0v) is 10.6. The largest absolute Gasteiger partial charge is 0.492 e. The van der Waals surface area contributed by atoms with Gasteiger partial charge in [-0.15, -0.1) is 0 Å². The van der Waals surface area contributed by atoms with Crippen LogP contribution in [0.5, 0.6) is 5.75 Å². The van der Waals surface area contributed by atoms with E-state index in [0.717, 1.165) is 24.4 Å². The van der Waals surface area contributed by atoms with Crippen LogP contribution in [0.1, 0.15) is 12.5 Å². The molecule has 1 unspecified atom stereocenters. The summed E-state index contributed by atoms with van der Waals surface area (Å²) in [6.07, 6.45) is 0. The highest BCUT2D eigenvalue weighted by atomic mass is 16.5. The molecule has 5 heteroatoms. The first-order valence-corrected chi connectivity index (χ1v) is 6.01. The lowest BCUT2D eigenvalue weighted by molar-refractivity contribution is -0.123. The number of ether oxygens (including phenoxy) is 1. The average molecular weight is 249 g/mol. The van der Waals surface area contributed by atoms with Gasteiger partial charge in [-0.2, -0.15) is 0 Å². The van der Waals surface area contributed by atoms with Gasteiger partial charge in [0.05, 0.1) is 0 Å². The summed E-state index contributed by atoms with van der Waals surface area (Å²) >= 11 is 0. The molecule has 1 aromatic rings. The lowest BCUT2D eigenvalue weighted by atomic mass is 10.0. The van der Waals surface area contributed by atoms with Crippen molar-refractivity contribution >= 4 is 5.91 Å². The maximum absolute atomic E-state index is 11.3. The normalized spacial score (nSPS) is 19.2. The van der Waals surface area contributed by atoms with Crippen LogP contribution in [0, 0.1) is 0 Å². The maximum Gasteiger partial charge on any atom is 0.238 e. The van der Waals surface area contributed by atoms with Crippen LogP contribution >= 0.6 is 0 Å². The summed E-state index contributed by atoms with van der Waals surface area (Å²) in [6.45, 7) is 4.13. The Kier molecular flexibility index (Phi) is 3.54. The third-order valence-electron chi connectivity index (χ3n) is 3.15. The molecule has 0 saturated carbocycles. The fourth-order valence-electron chi connectivity index (χ4n) is 2.06. The van der Waals surface area contributed by atoms with Gasteiger partial charge in [0, 0.05) is 25.2 Å². The minimum absolute atomic E-state index is 0.431. The smallest absolute Gasteiger partial charge is 0.238 e. The van der Waals surface area contributed by atoms with Gasteiger partial charge in [-0.3, -0.25) is 9.69 Å². The van der Waals surface area contributed by atoms with Crippen LogP contribution in [-0.2, 0) is 11.3 Å². The molecule has 0 fully saturated rings. The van der Waals surface area contributed by atoms with Crippen LogP contribution in [0.15, 0.2) is 24.3 Å². The Balaban J connectivity index is 2.11. The number of carbonyl (C=O) groups excluding carboxylic acids is 1. The zero-order chi connectivity index (χ0) is 13.2. The number of para-hydroxylation sites is 1. The molecule has 1 aromatic carbocycles. The van der Waals surface area contributed by atoms with Crippen molar-refractivity contribution < 1.29 is 9.53 Å². The lowest BCUT2D eigenvalue weighted by Crippen LogP contribution is -2.56. The molecule has 1 atom stereocenters. The molecule has 5 nitrogen and oxygen atoms in total. The summed E-state index contributed by atoms with van der Waals surface area (Å²) in [7, 11) is 0. The predicted molar refractivity (Wildman–Crippen MR) is 69.0 cm³/mol. The minimum atomic E-state index is -1.01. The van der Waals surface area contributed by atoms with Gasteiger partial charge < -0.3 is 16.2 Å². The molecule has 0 bridgehead atoms. The van der Waals surface area contributed by atoms with E-state index in [-0.39, 0.29) is 0 Å². The van der Waals surface area contributed by atoms with Crippen molar-refractivity contribution in [1.82, 2.24) is 4.90 Å². The number of fused-ring (bicyclic) bond motifs is 1. The summed E-state index contributed by atoms with van der Waals surface area (Å²) in [5, 5.41) is 0. The van der Waals surface area contributed by atoms with Gasteiger partial charge in [0.2, 0.25) is 5.91 Å². The van der Waals surface area contributed by atoms with Gasteiger partial charge in [0.1, 0.15) is 17.9 Å². The summed E-state index contributed by atoms with van der Waals surface area (Å²) in [5.74, 6) is 0.416. The van der Waals surface area contributed by atoms with E-state index in [1.165, 1.54) is 0 Å². The van der Waals surface area contributed by atoms with E-state index in [2.05, 4.69) is 4.90 Å². The fourth-order valence-corrected chi connectivity index (χ4v) is 2.06. The number of primary amides is 1. The molecule has 1 amide bonds. The topological polar surface area (TPSA) is 81.6 Å². The molecule has 1 aliphatic heterocycles. The molecule has 0 saturated heterocycles. The van der Waals surface area contributed by atoms with E-state index in [4.69, 9.17) is 16.2 Å². The van der Waals surface area contributed by atoms with Crippen LogP contribution in [-0.4, -0.2) is 36.0 Å². The Labute approximate surface area is 107 Å². The van der Waals surface area contributed by atoms with Crippen LogP contribution < -0.4 is 16.2 Å². The van der Waals surface area contributed by atoms with Crippen molar-refractivity contribution in [3.63, 3.8) is 0 Å². The molecule has 0 spiro atoms. The number of hydrogen-bond acceptors (Lipinski definition) is 4. The van der Waals surface area contributed by atoms with Gasteiger partial charge in [-0.25, -0.2) is 0 Å². The van der Waals surface area contributed by atoms with Crippen LogP contribution in [0.4, 0.5) is 0 Å². The summed E-state index contributed by atoms with van der Waals surface area (Å²) < 4.78 is 5.65. The van der Waals surface area contributed by atoms with Gasteiger partial charge in [0.15, 0.2) is 0 Å².